The van der Waals surface area contributed by atoms with Gasteiger partial charge in [0.15, 0.2) is 0 Å². The third-order valence-corrected chi connectivity index (χ3v) is 5.02. The van der Waals surface area contributed by atoms with Crippen molar-refractivity contribution >= 4 is 17.7 Å². The maximum absolute atomic E-state index is 12.7. The Balaban J connectivity index is 2.14. The molecular formula is C18H23NO2S. The van der Waals surface area contributed by atoms with Crippen molar-refractivity contribution in [2.24, 2.45) is 0 Å². The Bertz CT molecular complexity index is 601. The van der Waals surface area contributed by atoms with Gasteiger partial charge in [0.2, 0.25) is 5.91 Å². The average molecular weight is 317 g/mol. The third-order valence-electron chi connectivity index (χ3n) is 3.97. The fraction of sp³-hybridized carbons (Fsp3) is 0.500. The topological polar surface area (TPSA) is 49.3 Å². The minimum atomic E-state index is -0.633. The van der Waals surface area contributed by atoms with Crippen molar-refractivity contribution in [2.45, 2.75) is 43.4 Å². The predicted molar refractivity (Wildman–Crippen MR) is 91.9 cm³/mol. The van der Waals surface area contributed by atoms with E-state index in [0.717, 1.165) is 12.8 Å². The summed E-state index contributed by atoms with van der Waals surface area (Å²) in [6, 6.07) is 8.40. The maximum Gasteiger partial charge on any atom is 0.234 e. The number of rotatable bonds is 4. The van der Waals surface area contributed by atoms with E-state index in [4.69, 9.17) is 5.11 Å². The molecular weight excluding hydrogens is 294 g/mol. The van der Waals surface area contributed by atoms with Gasteiger partial charge in [-0.25, -0.2) is 0 Å². The molecule has 4 heteroatoms. The van der Waals surface area contributed by atoms with Gasteiger partial charge >= 0.3 is 0 Å². The summed E-state index contributed by atoms with van der Waals surface area (Å²) in [5.74, 6) is 5.78. The van der Waals surface area contributed by atoms with Gasteiger partial charge in [0.05, 0.1) is 10.8 Å². The number of amides is 1. The third kappa shape index (κ3) is 3.85. The van der Waals surface area contributed by atoms with E-state index in [9.17, 15) is 4.79 Å². The molecule has 2 rings (SSSR count). The van der Waals surface area contributed by atoms with Gasteiger partial charge in [0.25, 0.3) is 0 Å². The van der Waals surface area contributed by atoms with Crippen LogP contribution in [0.15, 0.2) is 24.3 Å². The molecule has 0 fully saturated rings. The highest BCUT2D eigenvalue weighted by Gasteiger charge is 2.35. The molecule has 0 saturated heterocycles. The van der Waals surface area contributed by atoms with Crippen molar-refractivity contribution in [3.63, 3.8) is 0 Å². The largest absolute Gasteiger partial charge is 0.384 e. The van der Waals surface area contributed by atoms with Crippen molar-refractivity contribution in [1.29, 1.82) is 0 Å². The van der Waals surface area contributed by atoms with Crippen LogP contribution in [0, 0.1) is 11.8 Å². The minimum absolute atomic E-state index is 0.0199. The fourth-order valence-electron chi connectivity index (χ4n) is 3.03. The molecule has 1 aliphatic rings. The Morgan fingerprint density at radius 2 is 2.23 bits per heavy atom. The van der Waals surface area contributed by atoms with E-state index in [1.54, 1.807) is 11.8 Å². The Kier molecular flexibility index (Phi) is 5.55. The molecule has 0 saturated carbocycles. The van der Waals surface area contributed by atoms with Crippen molar-refractivity contribution in [3.8, 4) is 11.8 Å². The Morgan fingerprint density at radius 1 is 1.50 bits per heavy atom. The number of carbonyl (C=O) groups excluding carboxylic acids is 1. The Hall–Kier alpha value is -1.44. The Labute approximate surface area is 136 Å². The molecule has 118 valence electrons. The predicted octanol–water partition coefficient (Wildman–Crippen LogP) is 2.34. The number of aliphatic hydroxyl groups is 1. The smallest absolute Gasteiger partial charge is 0.234 e. The first-order valence-electron chi connectivity index (χ1n) is 7.52. The summed E-state index contributed by atoms with van der Waals surface area (Å²) in [7, 11) is 0. The molecule has 0 bridgehead atoms. The summed E-state index contributed by atoms with van der Waals surface area (Å²) in [5.41, 5.74) is 2.03. The molecule has 0 radical (unpaired) electrons. The fourth-order valence-corrected chi connectivity index (χ4v) is 3.91. The lowest BCUT2D eigenvalue weighted by Crippen LogP contribution is -2.47. The van der Waals surface area contributed by atoms with Crippen LogP contribution in [0.1, 0.15) is 37.3 Å². The second-order valence-corrected chi connectivity index (χ2v) is 7.05. The van der Waals surface area contributed by atoms with Gasteiger partial charge in [-0.1, -0.05) is 36.1 Å². The molecule has 3 nitrogen and oxygen atoms in total. The highest BCUT2D eigenvalue weighted by Crippen LogP contribution is 2.39. The van der Waals surface area contributed by atoms with E-state index in [2.05, 4.69) is 35.4 Å². The van der Waals surface area contributed by atoms with Crippen LogP contribution in [0.4, 0.5) is 0 Å². The zero-order valence-corrected chi connectivity index (χ0v) is 14.2. The van der Waals surface area contributed by atoms with E-state index in [-0.39, 0.29) is 23.7 Å². The first-order valence-corrected chi connectivity index (χ1v) is 8.81. The molecule has 0 aliphatic heterocycles. The second kappa shape index (κ2) is 7.21. The molecule has 1 aromatic rings. The van der Waals surface area contributed by atoms with Crippen molar-refractivity contribution in [2.75, 3.05) is 12.9 Å². The zero-order valence-electron chi connectivity index (χ0n) is 13.3. The number of benzene rings is 1. The SMILES string of the molecule is CSC(C(=O)NC(C)(C)C#CCO)C1CCc2ccccc21. The zero-order chi connectivity index (χ0) is 16.2. The summed E-state index contributed by atoms with van der Waals surface area (Å²) in [6.45, 7) is 3.52. The quantitative estimate of drug-likeness (QED) is 0.838. The first-order chi connectivity index (χ1) is 10.5. The van der Waals surface area contributed by atoms with Crippen LogP contribution in [-0.4, -0.2) is 34.7 Å². The molecule has 2 unspecified atom stereocenters. The van der Waals surface area contributed by atoms with Crippen LogP contribution in [0.25, 0.3) is 0 Å². The van der Waals surface area contributed by atoms with Gasteiger partial charge in [-0.3, -0.25) is 4.79 Å². The van der Waals surface area contributed by atoms with E-state index in [0.29, 0.717) is 0 Å². The molecule has 0 spiro atoms. The number of hydrogen-bond donors (Lipinski definition) is 2. The van der Waals surface area contributed by atoms with Crippen LogP contribution in [-0.2, 0) is 11.2 Å². The lowest BCUT2D eigenvalue weighted by atomic mass is 9.96. The summed E-state index contributed by atoms with van der Waals surface area (Å²) in [5, 5.41) is 11.7. The number of aryl methyl sites for hydroxylation is 1. The molecule has 1 amide bonds. The summed E-state index contributed by atoms with van der Waals surface area (Å²) in [6.07, 6.45) is 4.04. The van der Waals surface area contributed by atoms with Crippen LogP contribution >= 0.6 is 11.8 Å². The van der Waals surface area contributed by atoms with Gasteiger partial charge < -0.3 is 10.4 Å². The van der Waals surface area contributed by atoms with E-state index in [1.807, 2.05) is 26.2 Å². The van der Waals surface area contributed by atoms with Gasteiger partial charge in [0, 0.05) is 5.92 Å². The standard InChI is InChI=1S/C18H23NO2S/c1-18(2,11-6-12-20)19-17(21)16(22-3)15-10-9-13-7-4-5-8-14(13)15/h4-5,7-8,15-16,20H,9-10,12H2,1-3H3,(H,19,21). The monoisotopic (exact) mass is 317 g/mol. The van der Waals surface area contributed by atoms with Crippen LogP contribution in [0.2, 0.25) is 0 Å². The van der Waals surface area contributed by atoms with Crippen LogP contribution < -0.4 is 5.32 Å². The number of thioether (sulfide) groups is 1. The molecule has 1 aliphatic carbocycles. The molecule has 2 atom stereocenters. The Morgan fingerprint density at radius 3 is 2.91 bits per heavy atom. The number of fused-ring (bicyclic) bond motifs is 1. The summed E-state index contributed by atoms with van der Waals surface area (Å²) >= 11 is 1.59. The van der Waals surface area contributed by atoms with Gasteiger partial charge in [-0.2, -0.15) is 11.8 Å². The minimum Gasteiger partial charge on any atom is -0.384 e. The van der Waals surface area contributed by atoms with E-state index < -0.39 is 5.54 Å². The summed E-state index contributed by atoms with van der Waals surface area (Å²) < 4.78 is 0. The number of aliphatic hydroxyl groups excluding tert-OH is 1. The molecule has 0 heterocycles. The lowest BCUT2D eigenvalue weighted by Gasteiger charge is -2.27. The maximum atomic E-state index is 12.7. The second-order valence-electron chi connectivity index (χ2n) is 6.07. The number of nitrogens with one attached hydrogen (secondary N) is 1. The molecule has 1 aromatic carbocycles. The number of hydrogen-bond acceptors (Lipinski definition) is 3. The molecule has 0 aromatic heterocycles. The van der Waals surface area contributed by atoms with Gasteiger partial charge in [0.1, 0.15) is 6.61 Å². The van der Waals surface area contributed by atoms with Crippen molar-refractivity contribution < 1.29 is 9.90 Å². The van der Waals surface area contributed by atoms with Gasteiger partial charge in [-0.15, -0.1) is 0 Å². The van der Waals surface area contributed by atoms with Crippen LogP contribution in [0.5, 0.6) is 0 Å². The highest BCUT2D eigenvalue weighted by molar-refractivity contribution is 8.00. The molecule has 2 N–H and O–H groups in total. The van der Waals surface area contributed by atoms with Crippen LogP contribution in [0.3, 0.4) is 0 Å². The average Bonchev–Trinajstić information content (AvgIpc) is 2.90. The van der Waals surface area contributed by atoms with Crippen molar-refractivity contribution in [1.82, 2.24) is 5.32 Å². The van der Waals surface area contributed by atoms with E-state index in [1.165, 1.54) is 11.1 Å². The first kappa shape index (κ1) is 16.9. The number of carbonyl (C=O) groups is 1. The highest BCUT2D eigenvalue weighted by atomic mass is 32.2. The van der Waals surface area contributed by atoms with Gasteiger partial charge in [-0.05, 0) is 44.1 Å². The summed E-state index contributed by atoms with van der Waals surface area (Å²) in [4.78, 5) is 12.7. The van der Waals surface area contributed by atoms with E-state index >= 15 is 0 Å². The molecule has 22 heavy (non-hydrogen) atoms. The van der Waals surface area contributed by atoms with Crippen molar-refractivity contribution in [3.05, 3.63) is 35.4 Å². The lowest BCUT2D eigenvalue weighted by molar-refractivity contribution is -0.122. The normalized spacial score (nSPS) is 18.1.